The number of aromatic carboxylic acids is 1. The van der Waals surface area contributed by atoms with Crippen molar-refractivity contribution >= 4 is 29.2 Å². The lowest BCUT2D eigenvalue weighted by atomic mass is 10.0. The van der Waals surface area contributed by atoms with Crippen molar-refractivity contribution < 1.29 is 9.90 Å². The van der Waals surface area contributed by atoms with E-state index in [1.807, 2.05) is 37.3 Å². The molecule has 0 amide bonds. The first-order valence-corrected chi connectivity index (χ1v) is 8.12. The zero-order valence-corrected chi connectivity index (χ0v) is 14.3. The third kappa shape index (κ3) is 3.16. The molecule has 24 heavy (non-hydrogen) atoms. The minimum atomic E-state index is -1.03. The molecule has 3 rings (SSSR count). The summed E-state index contributed by atoms with van der Waals surface area (Å²) < 4.78 is 1.67. The number of hydrogen-bond acceptors (Lipinski definition) is 2. The molecule has 2 aromatic carbocycles. The van der Waals surface area contributed by atoms with Crippen LogP contribution in [0.2, 0.25) is 10.0 Å². The lowest BCUT2D eigenvalue weighted by molar-refractivity contribution is 0.0689. The van der Waals surface area contributed by atoms with Gasteiger partial charge in [-0.3, -0.25) is 4.68 Å². The molecule has 0 spiro atoms. The van der Waals surface area contributed by atoms with E-state index in [-0.39, 0.29) is 5.69 Å². The Kier molecular flexibility index (Phi) is 4.60. The Balaban J connectivity index is 1.99. The van der Waals surface area contributed by atoms with Crippen LogP contribution < -0.4 is 0 Å². The first-order chi connectivity index (χ1) is 11.5. The van der Waals surface area contributed by atoms with E-state index >= 15 is 0 Å². The highest BCUT2D eigenvalue weighted by Gasteiger charge is 2.14. The quantitative estimate of drug-likeness (QED) is 0.691. The van der Waals surface area contributed by atoms with E-state index < -0.39 is 5.97 Å². The molecule has 0 saturated carbocycles. The molecule has 6 heteroatoms. The molecule has 0 unspecified atom stereocenters. The van der Waals surface area contributed by atoms with Crippen molar-refractivity contribution in [3.8, 4) is 22.4 Å². The number of carbonyl (C=O) groups is 1. The van der Waals surface area contributed by atoms with Gasteiger partial charge in [0.25, 0.3) is 0 Å². The SMILES string of the molecule is CCn1nc(C(=O)O)cc1-c1ccc(-c2ccc(Cl)cc2Cl)cc1. The van der Waals surface area contributed by atoms with Crippen LogP contribution in [-0.4, -0.2) is 20.9 Å². The lowest BCUT2D eigenvalue weighted by Gasteiger charge is -2.08. The maximum absolute atomic E-state index is 11.1. The average molecular weight is 361 g/mol. The van der Waals surface area contributed by atoms with Gasteiger partial charge in [0, 0.05) is 22.2 Å². The highest BCUT2D eigenvalue weighted by molar-refractivity contribution is 6.36. The minimum absolute atomic E-state index is 0.0386. The van der Waals surface area contributed by atoms with Crippen LogP contribution >= 0.6 is 23.2 Å². The molecule has 3 aromatic rings. The number of aromatic nitrogens is 2. The number of halogens is 2. The summed E-state index contributed by atoms with van der Waals surface area (Å²) in [5.74, 6) is -1.03. The van der Waals surface area contributed by atoms with Crippen LogP contribution in [0.4, 0.5) is 0 Å². The van der Waals surface area contributed by atoms with Crippen LogP contribution in [0, 0.1) is 0 Å². The molecule has 4 nitrogen and oxygen atoms in total. The average Bonchev–Trinajstić information content (AvgIpc) is 3.00. The van der Waals surface area contributed by atoms with E-state index in [0.29, 0.717) is 16.6 Å². The van der Waals surface area contributed by atoms with Crippen LogP contribution in [0.25, 0.3) is 22.4 Å². The van der Waals surface area contributed by atoms with Crippen LogP contribution in [0.15, 0.2) is 48.5 Å². The van der Waals surface area contributed by atoms with E-state index in [1.165, 1.54) is 0 Å². The fraction of sp³-hybridized carbons (Fsp3) is 0.111. The molecule has 1 aromatic heterocycles. The summed E-state index contributed by atoms with van der Waals surface area (Å²) in [6, 6.07) is 14.7. The largest absolute Gasteiger partial charge is 0.476 e. The standard InChI is InChI=1S/C18H14Cl2N2O2/c1-2-22-17(10-16(21-22)18(23)24)12-5-3-11(4-6-12)14-8-7-13(19)9-15(14)20/h3-10H,2H2,1H3,(H,23,24). The number of carboxylic acids is 1. The van der Waals surface area contributed by atoms with Gasteiger partial charge in [-0.05, 0) is 36.2 Å². The fourth-order valence-corrected chi connectivity index (χ4v) is 3.06. The Bertz CT molecular complexity index is 902. The molecule has 1 N–H and O–H groups in total. The number of carboxylic acid groups (broad SMARTS) is 1. The van der Waals surface area contributed by atoms with Crippen LogP contribution in [0.5, 0.6) is 0 Å². The van der Waals surface area contributed by atoms with Crippen LogP contribution in [0.1, 0.15) is 17.4 Å². The predicted octanol–water partition coefficient (Wildman–Crippen LogP) is 5.24. The monoisotopic (exact) mass is 360 g/mol. The number of aryl methyl sites for hydroxylation is 1. The van der Waals surface area contributed by atoms with Gasteiger partial charge in [-0.2, -0.15) is 5.10 Å². The van der Waals surface area contributed by atoms with Gasteiger partial charge in [0.15, 0.2) is 5.69 Å². The lowest BCUT2D eigenvalue weighted by Crippen LogP contribution is -2.02. The molecule has 122 valence electrons. The first kappa shape index (κ1) is 16.6. The summed E-state index contributed by atoms with van der Waals surface area (Å²) in [7, 11) is 0. The van der Waals surface area contributed by atoms with Gasteiger partial charge in [0.05, 0.1) is 5.69 Å². The van der Waals surface area contributed by atoms with Crippen LogP contribution in [0.3, 0.4) is 0 Å². The molecular formula is C18H14Cl2N2O2. The molecule has 0 fully saturated rings. The molecule has 0 radical (unpaired) electrons. The second-order valence-corrected chi connectivity index (χ2v) is 6.08. The fourth-order valence-electron chi connectivity index (χ4n) is 2.54. The Morgan fingerprint density at radius 3 is 2.33 bits per heavy atom. The van der Waals surface area contributed by atoms with Crippen molar-refractivity contribution in [2.75, 3.05) is 0 Å². The van der Waals surface area contributed by atoms with E-state index in [9.17, 15) is 4.79 Å². The maximum Gasteiger partial charge on any atom is 0.356 e. The second kappa shape index (κ2) is 6.67. The van der Waals surface area contributed by atoms with Gasteiger partial charge in [-0.25, -0.2) is 4.79 Å². The van der Waals surface area contributed by atoms with Gasteiger partial charge in [-0.1, -0.05) is 53.5 Å². The Morgan fingerprint density at radius 2 is 1.75 bits per heavy atom. The van der Waals surface area contributed by atoms with Crippen molar-refractivity contribution in [2.24, 2.45) is 0 Å². The third-order valence-corrected chi connectivity index (χ3v) is 4.27. The molecular weight excluding hydrogens is 347 g/mol. The summed E-state index contributed by atoms with van der Waals surface area (Å²) in [6.45, 7) is 2.51. The maximum atomic E-state index is 11.1. The molecule has 1 heterocycles. The van der Waals surface area contributed by atoms with Gasteiger partial charge in [0.2, 0.25) is 0 Å². The topological polar surface area (TPSA) is 55.1 Å². The summed E-state index contributed by atoms with van der Waals surface area (Å²) in [4.78, 5) is 11.1. The zero-order valence-electron chi connectivity index (χ0n) is 12.8. The van der Waals surface area contributed by atoms with Crippen molar-refractivity contribution in [3.63, 3.8) is 0 Å². The summed E-state index contributed by atoms with van der Waals surface area (Å²) in [5, 5.41) is 14.4. The molecule has 0 aliphatic rings. The number of hydrogen-bond donors (Lipinski definition) is 1. The Morgan fingerprint density at radius 1 is 1.08 bits per heavy atom. The van der Waals surface area contributed by atoms with Crippen molar-refractivity contribution in [1.82, 2.24) is 9.78 Å². The van der Waals surface area contributed by atoms with Crippen molar-refractivity contribution in [1.29, 1.82) is 0 Å². The van der Waals surface area contributed by atoms with Crippen LogP contribution in [-0.2, 0) is 6.54 Å². The van der Waals surface area contributed by atoms with Crippen molar-refractivity contribution in [3.05, 3.63) is 64.3 Å². The highest BCUT2D eigenvalue weighted by atomic mass is 35.5. The smallest absolute Gasteiger partial charge is 0.356 e. The van der Waals surface area contributed by atoms with Gasteiger partial charge < -0.3 is 5.11 Å². The third-order valence-electron chi connectivity index (χ3n) is 3.72. The number of benzene rings is 2. The second-order valence-electron chi connectivity index (χ2n) is 5.24. The summed E-state index contributed by atoms with van der Waals surface area (Å²) >= 11 is 12.2. The van der Waals surface area contributed by atoms with E-state index in [2.05, 4.69) is 5.10 Å². The molecule has 0 saturated heterocycles. The highest BCUT2D eigenvalue weighted by Crippen LogP contribution is 2.32. The molecule has 0 aliphatic heterocycles. The Labute approximate surface area is 149 Å². The molecule has 0 bridgehead atoms. The molecule has 0 atom stereocenters. The summed E-state index contributed by atoms with van der Waals surface area (Å²) in [6.07, 6.45) is 0. The van der Waals surface area contributed by atoms with E-state index in [1.54, 1.807) is 22.9 Å². The van der Waals surface area contributed by atoms with E-state index in [0.717, 1.165) is 22.4 Å². The predicted molar refractivity (Wildman–Crippen MR) is 95.8 cm³/mol. The molecule has 0 aliphatic carbocycles. The van der Waals surface area contributed by atoms with Gasteiger partial charge in [-0.15, -0.1) is 0 Å². The van der Waals surface area contributed by atoms with Gasteiger partial charge in [0.1, 0.15) is 0 Å². The number of rotatable bonds is 4. The van der Waals surface area contributed by atoms with E-state index in [4.69, 9.17) is 28.3 Å². The first-order valence-electron chi connectivity index (χ1n) is 7.36. The number of nitrogens with zero attached hydrogens (tertiary/aromatic N) is 2. The normalized spacial score (nSPS) is 10.8. The summed E-state index contributed by atoms with van der Waals surface area (Å²) in [5.41, 5.74) is 3.55. The van der Waals surface area contributed by atoms with Gasteiger partial charge >= 0.3 is 5.97 Å². The minimum Gasteiger partial charge on any atom is -0.476 e. The Hall–Kier alpha value is -2.30. The van der Waals surface area contributed by atoms with Crippen molar-refractivity contribution in [2.45, 2.75) is 13.5 Å². The zero-order chi connectivity index (χ0) is 17.3.